The number of halogens is 3. The number of alkyl halides is 3. The van der Waals surface area contributed by atoms with Gasteiger partial charge in [-0.05, 0) is 63.6 Å². The van der Waals surface area contributed by atoms with E-state index < -0.39 is 17.3 Å². The molecule has 0 amide bonds. The molecule has 0 radical (unpaired) electrons. The van der Waals surface area contributed by atoms with E-state index in [-0.39, 0.29) is 23.8 Å². The number of hydrogen-bond acceptors (Lipinski definition) is 7. The van der Waals surface area contributed by atoms with Crippen molar-refractivity contribution in [3.63, 3.8) is 0 Å². The summed E-state index contributed by atoms with van der Waals surface area (Å²) in [5.41, 5.74) is -0.867. The number of piperidine rings is 1. The fourth-order valence-corrected chi connectivity index (χ4v) is 4.89. The lowest BCUT2D eigenvalue weighted by molar-refractivity contribution is -0.137. The predicted octanol–water partition coefficient (Wildman–Crippen LogP) is 3.76. The molecule has 2 aliphatic rings. The maximum atomic E-state index is 13.3. The monoisotopic (exact) mass is 490 g/mol. The molecule has 8 nitrogen and oxygen atoms in total. The third-order valence-corrected chi connectivity index (χ3v) is 7.07. The molecule has 1 saturated heterocycles. The third kappa shape index (κ3) is 4.79. The zero-order chi connectivity index (χ0) is 25.0. The smallest absolute Gasteiger partial charge is 0.393 e. The Morgan fingerprint density at radius 2 is 1.80 bits per heavy atom. The number of hydrogen-bond donors (Lipinski definition) is 3. The Hall–Kier alpha value is -2.92. The fraction of sp³-hybridized carbons (Fsp3) is 0.542. The van der Waals surface area contributed by atoms with Crippen molar-refractivity contribution in [3.8, 4) is 5.69 Å². The Labute approximate surface area is 200 Å². The summed E-state index contributed by atoms with van der Waals surface area (Å²) in [7, 11) is 0. The minimum absolute atomic E-state index is 0.0288. The van der Waals surface area contributed by atoms with Crippen molar-refractivity contribution in [1.29, 1.82) is 0 Å². The summed E-state index contributed by atoms with van der Waals surface area (Å²) in [5, 5.41) is 28.3. The van der Waals surface area contributed by atoms with Gasteiger partial charge in [-0.25, -0.2) is 4.68 Å². The second-order valence-electron chi connectivity index (χ2n) is 10.1. The third-order valence-electron chi connectivity index (χ3n) is 7.07. The second-order valence-corrected chi connectivity index (χ2v) is 10.1. The second kappa shape index (κ2) is 8.63. The van der Waals surface area contributed by atoms with Gasteiger partial charge in [0, 0.05) is 19.1 Å². The maximum absolute atomic E-state index is 13.3. The van der Waals surface area contributed by atoms with E-state index in [2.05, 4.69) is 20.3 Å². The van der Waals surface area contributed by atoms with Crippen LogP contribution in [0.25, 0.3) is 16.7 Å². The molecule has 0 atom stereocenters. The van der Waals surface area contributed by atoms with Gasteiger partial charge in [-0.15, -0.1) is 0 Å². The zero-order valence-electron chi connectivity index (χ0n) is 19.6. The van der Waals surface area contributed by atoms with Gasteiger partial charge in [0.2, 0.25) is 5.95 Å². The first-order chi connectivity index (χ1) is 16.5. The summed E-state index contributed by atoms with van der Waals surface area (Å²) in [6.45, 7) is 5.00. The van der Waals surface area contributed by atoms with Crippen LogP contribution in [0.2, 0.25) is 0 Å². The van der Waals surface area contributed by atoms with Crippen LogP contribution >= 0.6 is 0 Å². The van der Waals surface area contributed by atoms with E-state index in [9.17, 15) is 23.4 Å². The number of benzene rings is 1. The Morgan fingerprint density at radius 1 is 1.09 bits per heavy atom. The average molecular weight is 491 g/mol. The number of aliphatic hydroxyl groups excluding tert-OH is 1. The Balaban J connectivity index is 1.54. The van der Waals surface area contributed by atoms with Crippen molar-refractivity contribution >= 4 is 22.8 Å². The van der Waals surface area contributed by atoms with Crippen molar-refractivity contribution in [2.75, 3.05) is 23.3 Å². The number of nitrogens with zero attached hydrogens (tertiary/aromatic N) is 5. The maximum Gasteiger partial charge on any atom is 0.416 e. The van der Waals surface area contributed by atoms with E-state index in [4.69, 9.17) is 4.98 Å². The van der Waals surface area contributed by atoms with Gasteiger partial charge < -0.3 is 20.4 Å². The molecule has 3 N–H and O–H groups in total. The highest BCUT2D eigenvalue weighted by atomic mass is 19.4. The summed E-state index contributed by atoms with van der Waals surface area (Å²) in [5.74, 6) is 1.17. The zero-order valence-corrected chi connectivity index (χ0v) is 19.6. The van der Waals surface area contributed by atoms with Crippen molar-refractivity contribution in [2.24, 2.45) is 5.92 Å². The number of fused-ring (bicyclic) bond motifs is 1. The highest BCUT2D eigenvalue weighted by molar-refractivity contribution is 5.89. The molecule has 0 unspecified atom stereocenters. The van der Waals surface area contributed by atoms with Gasteiger partial charge >= 0.3 is 6.18 Å². The summed E-state index contributed by atoms with van der Waals surface area (Å²) >= 11 is 0. The number of anilines is 2. The quantitative estimate of drug-likeness (QED) is 0.501. The summed E-state index contributed by atoms with van der Waals surface area (Å²) in [6, 6.07) is 5.02. The van der Waals surface area contributed by atoms with Crippen molar-refractivity contribution < 1.29 is 23.4 Å². The largest absolute Gasteiger partial charge is 0.416 e. The summed E-state index contributed by atoms with van der Waals surface area (Å²) in [6.07, 6.45) is -0.498. The Bertz CT molecular complexity index is 1210. The van der Waals surface area contributed by atoms with Gasteiger partial charge in [-0.3, -0.25) is 0 Å². The van der Waals surface area contributed by atoms with Crippen LogP contribution in [0.3, 0.4) is 0 Å². The van der Waals surface area contributed by atoms with Gasteiger partial charge in [-0.2, -0.15) is 28.2 Å². The number of aromatic nitrogens is 4. The summed E-state index contributed by atoms with van der Waals surface area (Å²) < 4.78 is 41.4. The molecular weight excluding hydrogens is 461 g/mol. The molecule has 1 aliphatic carbocycles. The van der Waals surface area contributed by atoms with Crippen LogP contribution < -0.4 is 10.2 Å². The van der Waals surface area contributed by atoms with Crippen molar-refractivity contribution in [3.05, 3.63) is 36.0 Å². The van der Waals surface area contributed by atoms with Gasteiger partial charge in [0.15, 0.2) is 5.65 Å². The van der Waals surface area contributed by atoms with Crippen LogP contribution in [-0.4, -0.2) is 60.8 Å². The molecule has 2 fully saturated rings. The van der Waals surface area contributed by atoms with E-state index in [0.717, 1.165) is 25.0 Å². The van der Waals surface area contributed by atoms with Crippen LogP contribution in [0.1, 0.15) is 45.1 Å². The SMILES string of the molecule is CC(C)(O)C1CCN(c2nc(NC3CC(O)C3)nc3c2cnn3-c2cccc(C(F)(F)F)c2)CC1. The van der Waals surface area contributed by atoms with E-state index >= 15 is 0 Å². The van der Waals surface area contributed by atoms with E-state index in [0.29, 0.717) is 48.7 Å². The minimum atomic E-state index is -4.47. The van der Waals surface area contributed by atoms with Crippen LogP contribution in [0.5, 0.6) is 0 Å². The molecule has 1 aliphatic heterocycles. The number of aliphatic hydroxyl groups is 2. The Morgan fingerprint density at radius 3 is 2.43 bits per heavy atom. The lowest BCUT2D eigenvalue weighted by Gasteiger charge is -2.38. The molecule has 1 saturated carbocycles. The minimum Gasteiger partial charge on any atom is -0.393 e. The van der Waals surface area contributed by atoms with Gasteiger partial charge in [0.1, 0.15) is 5.82 Å². The molecule has 2 aromatic heterocycles. The number of rotatable bonds is 5. The van der Waals surface area contributed by atoms with Gasteiger partial charge in [0.25, 0.3) is 0 Å². The van der Waals surface area contributed by atoms with Crippen molar-refractivity contribution in [2.45, 2.75) is 63.5 Å². The van der Waals surface area contributed by atoms with E-state index in [1.807, 2.05) is 13.8 Å². The first-order valence-corrected chi connectivity index (χ1v) is 11.8. The average Bonchev–Trinajstić information content (AvgIpc) is 3.20. The predicted molar refractivity (Wildman–Crippen MR) is 126 cm³/mol. The molecular formula is C24H29F3N6O2. The van der Waals surface area contributed by atoms with Crippen molar-refractivity contribution in [1.82, 2.24) is 19.7 Å². The molecule has 5 rings (SSSR count). The first kappa shape index (κ1) is 23.8. The van der Waals surface area contributed by atoms with Gasteiger partial charge in [-0.1, -0.05) is 6.07 Å². The molecule has 3 heterocycles. The highest BCUT2D eigenvalue weighted by Gasteiger charge is 2.33. The highest BCUT2D eigenvalue weighted by Crippen LogP contribution is 2.35. The van der Waals surface area contributed by atoms with Crippen LogP contribution in [0, 0.1) is 5.92 Å². The molecule has 0 bridgehead atoms. The number of nitrogens with one attached hydrogen (secondary N) is 1. The van der Waals surface area contributed by atoms with Crippen LogP contribution in [-0.2, 0) is 6.18 Å². The standard InChI is InChI=1S/C24H29F3N6O2/c1-23(2,35)14-6-8-32(9-7-14)20-19-13-28-33(17-5-3-4-15(10-17)24(25,26)27)21(19)31-22(30-20)29-16-11-18(34)12-16/h3-5,10,13-14,16,18,34-35H,6-9,11-12H2,1-2H3,(H,29,30,31). The molecule has 35 heavy (non-hydrogen) atoms. The van der Waals surface area contributed by atoms with Gasteiger partial charge in [0.05, 0.1) is 34.5 Å². The molecule has 1 aromatic carbocycles. The lowest BCUT2D eigenvalue weighted by Crippen LogP contribution is -2.42. The topological polar surface area (TPSA) is 99.3 Å². The van der Waals surface area contributed by atoms with E-state index in [1.165, 1.54) is 10.7 Å². The first-order valence-electron chi connectivity index (χ1n) is 11.8. The molecule has 0 spiro atoms. The molecule has 3 aromatic rings. The Kier molecular flexibility index (Phi) is 5.87. The normalized spacial score (nSPS) is 21.9. The summed E-state index contributed by atoms with van der Waals surface area (Å²) in [4.78, 5) is 11.5. The van der Waals surface area contributed by atoms with E-state index in [1.54, 1.807) is 12.3 Å². The molecule has 188 valence electrons. The lowest BCUT2D eigenvalue weighted by atomic mass is 9.83. The van der Waals surface area contributed by atoms with Crippen LogP contribution in [0.4, 0.5) is 24.9 Å². The van der Waals surface area contributed by atoms with Crippen LogP contribution in [0.15, 0.2) is 30.5 Å². The molecule has 11 heteroatoms. The fourth-order valence-electron chi connectivity index (χ4n) is 4.89.